The molecule has 2 N–H and O–H groups in total. The topological polar surface area (TPSA) is 112 Å². The summed E-state index contributed by atoms with van der Waals surface area (Å²) in [5.41, 5.74) is 0.412. The Bertz CT molecular complexity index is 1170. The molecule has 0 radical (unpaired) electrons. The smallest absolute Gasteiger partial charge is 0.283 e. The summed E-state index contributed by atoms with van der Waals surface area (Å²) in [6, 6.07) is 17.7. The zero-order valence-corrected chi connectivity index (χ0v) is 18.7. The molecule has 0 aliphatic rings. The maximum Gasteiger partial charge on any atom is 0.283 e. The van der Waals surface area contributed by atoms with Crippen LogP contribution in [0.1, 0.15) is 6.92 Å². The molecule has 9 nitrogen and oxygen atoms in total. The highest BCUT2D eigenvalue weighted by atomic mass is 32.1. The van der Waals surface area contributed by atoms with Gasteiger partial charge in [0.2, 0.25) is 0 Å². The monoisotopic (exact) mass is 467 g/mol. The Morgan fingerprint density at radius 1 is 1.00 bits per heavy atom. The van der Waals surface area contributed by atoms with Crippen LogP contribution < -0.4 is 24.8 Å². The largest absolute Gasteiger partial charge is 0.495 e. The van der Waals surface area contributed by atoms with Gasteiger partial charge in [-0.1, -0.05) is 24.4 Å². The second kappa shape index (κ2) is 10.9. The highest BCUT2D eigenvalue weighted by Crippen LogP contribution is 2.31. The van der Waals surface area contributed by atoms with Crippen LogP contribution in [0.3, 0.4) is 0 Å². The van der Waals surface area contributed by atoms with E-state index in [0.29, 0.717) is 29.5 Å². The van der Waals surface area contributed by atoms with E-state index in [4.69, 9.17) is 26.4 Å². The van der Waals surface area contributed by atoms with Crippen molar-refractivity contribution in [3.05, 3.63) is 76.8 Å². The molecule has 0 unspecified atom stereocenters. The number of ether oxygens (including phenoxy) is 3. The van der Waals surface area contributed by atoms with E-state index in [1.54, 1.807) is 48.5 Å². The minimum absolute atomic E-state index is 0.139. The van der Waals surface area contributed by atoms with E-state index in [0.717, 1.165) is 0 Å². The van der Waals surface area contributed by atoms with Gasteiger partial charge in [-0.05, 0) is 43.3 Å². The fraction of sp³-hybridized carbons (Fsp3) is 0.130. The number of hydrogen-bond donors (Lipinski definition) is 2. The molecule has 0 bridgehead atoms. The van der Waals surface area contributed by atoms with Gasteiger partial charge in [0.15, 0.2) is 4.99 Å². The number of non-ortho nitro benzene ring substituents is 1. The van der Waals surface area contributed by atoms with Gasteiger partial charge in [0, 0.05) is 12.1 Å². The molecule has 0 saturated heterocycles. The molecule has 3 aromatic carbocycles. The number of anilines is 2. The van der Waals surface area contributed by atoms with E-state index in [1.807, 2.05) is 6.92 Å². The van der Waals surface area contributed by atoms with Crippen molar-refractivity contribution in [2.75, 3.05) is 24.4 Å². The Balaban J connectivity index is 1.76. The van der Waals surface area contributed by atoms with Crippen molar-refractivity contribution in [1.82, 2.24) is 0 Å². The molecule has 0 saturated carbocycles. The van der Waals surface area contributed by atoms with Crippen LogP contribution in [-0.4, -0.2) is 29.5 Å². The third kappa shape index (κ3) is 6.40. The Kier molecular flexibility index (Phi) is 7.77. The molecule has 0 spiro atoms. The highest BCUT2D eigenvalue weighted by molar-refractivity contribution is 7.82. The van der Waals surface area contributed by atoms with Crippen molar-refractivity contribution < 1.29 is 23.9 Å². The van der Waals surface area contributed by atoms with Gasteiger partial charge in [0.25, 0.3) is 11.6 Å². The number of nitrogens with zero attached hydrogens (tertiary/aromatic N) is 1. The molecule has 3 aromatic rings. The molecule has 0 aliphatic carbocycles. The Morgan fingerprint density at radius 3 is 2.36 bits per heavy atom. The predicted octanol–water partition coefficient (Wildman–Crippen LogP) is 5.17. The van der Waals surface area contributed by atoms with Crippen LogP contribution in [-0.2, 0) is 4.79 Å². The van der Waals surface area contributed by atoms with Gasteiger partial charge < -0.3 is 24.8 Å². The highest BCUT2D eigenvalue weighted by Gasteiger charge is 2.16. The summed E-state index contributed by atoms with van der Waals surface area (Å²) in [4.78, 5) is 23.2. The number of nitro groups is 1. The lowest BCUT2D eigenvalue weighted by atomic mass is 10.2. The van der Waals surface area contributed by atoms with E-state index in [2.05, 4.69) is 10.6 Å². The minimum atomic E-state index is -0.650. The Morgan fingerprint density at radius 2 is 1.70 bits per heavy atom. The van der Waals surface area contributed by atoms with Gasteiger partial charge >= 0.3 is 0 Å². The normalized spacial score (nSPS) is 10.1. The van der Waals surface area contributed by atoms with Crippen LogP contribution in [0.25, 0.3) is 0 Å². The van der Waals surface area contributed by atoms with Crippen molar-refractivity contribution in [3.8, 4) is 23.0 Å². The van der Waals surface area contributed by atoms with Gasteiger partial charge in [0.1, 0.15) is 23.0 Å². The molecule has 0 aliphatic heterocycles. The van der Waals surface area contributed by atoms with E-state index < -0.39 is 10.8 Å². The average molecular weight is 468 g/mol. The molecule has 0 aromatic heterocycles. The van der Waals surface area contributed by atoms with Crippen LogP contribution in [0.15, 0.2) is 66.7 Å². The van der Waals surface area contributed by atoms with E-state index in [9.17, 15) is 14.9 Å². The minimum Gasteiger partial charge on any atom is -0.495 e. The molecule has 0 heterocycles. The third-order valence-electron chi connectivity index (χ3n) is 4.29. The number of hydrogen-bond acceptors (Lipinski definition) is 7. The summed E-state index contributed by atoms with van der Waals surface area (Å²) in [6.07, 6.45) is 0. The van der Waals surface area contributed by atoms with Crippen LogP contribution >= 0.6 is 12.2 Å². The molecule has 0 fully saturated rings. The summed E-state index contributed by atoms with van der Waals surface area (Å²) in [5, 5.41) is 16.7. The molecule has 170 valence electrons. The number of benzene rings is 3. The number of rotatable bonds is 8. The van der Waals surface area contributed by atoms with Crippen LogP contribution in [0.2, 0.25) is 0 Å². The quantitative estimate of drug-likeness (QED) is 0.265. The zero-order valence-electron chi connectivity index (χ0n) is 17.9. The number of carbonyl (C=O) groups is 1. The summed E-state index contributed by atoms with van der Waals surface area (Å²) in [5.74, 6) is 1.15. The molecular weight excluding hydrogens is 446 g/mol. The van der Waals surface area contributed by atoms with Gasteiger partial charge in [-0.2, -0.15) is 0 Å². The molecule has 0 atom stereocenters. The van der Waals surface area contributed by atoms with E-state index in [1.165, 1.54) is 25.3 Å². The van der Waals surface area contributed by atoms with Crippen molar-refractivity contribution in [2.24, 2.45) is 0 Å². The SMILES string of the molecule is CCOc1ccc(Oc2cc(NC(=O)C(=S)Nc3ccccc3OC)cc([N+](=O)[O-])c2)cc1. The number of thiocarbonyl (C=S) groups is 1. The fourth-order valence-electron chi connectivity index (χ4n) is 2.84. The molecule has 33 heavy (non-hydrogen) atoms. The summed E-state index contributed by atoms with van der Waals surface area (Å²) in [6.45, 7) is 2.41. The average Bonchev–Trinajstić information content (AvgIpc) is 2.80. The number of para-hydroxylation sites is 2. The lowest BCUT2D eigenvalue weighted by Crippen LogP contribution is -2.27. The summed E-state index contributed by atoms with van der Waals surface area (Å²) >= 11 is 5.17. The van der Waals surface area contributed by atoms with Gasteiger partial charge in [-0.3, -0.25) is 14.9 Å². The number of nitrogens with one attached hydrogen (secondary N) is 2. The van der Waals surface area contributed by atoms with E-state index >= 15 is 0 Å². The molecular formula is C23H21N3O6S. The standard InChI is InChI=1S/C23H21N3O6S/c1-3-31-17-8-10-18(11-9-17)32-19-13-15(12-16(14-19)26(28)29)24-22(27)23(33)25-20-6-4-5-7-21(20)30-2/h4-14H,3H2,1-2H3,(H,24,27)(H,25,33). The van der Waals surface area contributed by atoms with Crippen LogP contribution in [0.5, 0.6) is 23.0 Å². The number of nitro benzene ring substituents is 1. The fourth-order valence-corrected chi connectivity index (χ4v) is 3.00. The van der Waals surface area contributed by atoms with Crippen molar-refractivity contribution in [3.63, 3.8) is 0 Å². The molecule has 1 amide bonds. The van der Waals surface area contributed by atoms with Crippen LogP contribution in [0, 0.1) is 10.1 Å². The summed E-state index contributed by atoms with van der Waals surface area (Å²) in [7, 11) is 1.50. The lowest BCUT2D eigenvalue weighted by Gasteiger charge is -2.13. The second-order valence-electron chi connectivity index (χ2n) is 6.59. The second-order valence-corrected chi connectivity index (χ2v) is 7.00. The first-order valence-corrected chi connectivity index (χ1v) is 10.3. The van der Waals surface area contributed by atoms with Crippen molar-refractivity contribution in [1.29, 1.82) is 0 Å². The molecule has 3 rings (SSSR count). The number of methoxy groups -OCH3 is 1. The van der Waals surface area contributed by atoms with Gasteiger partial charge in [0.05, 0.1) is 36.1 Å². The Hall–Kier alpha value is -4.18. The Labute approximate surface area is 195 Å². The first-order valence-electron chi connectivity index (χ1n) is 9.85. The predicted molar refractivity (Wildman–Crippen MR) is 129 cm³/mol. The zero-order chi connectivity index (χ0) is 23.8. The first-order chi connectivity index (χ1) is 15.9. The van der Waals surface area contributed by atoms with Crippen molar-refractivity contribution in [2.45, 2.75) is 6.92 Å². The lowest BCUT2D eigenvalue weighted by molar-refractivity contribution is -0.384. The van der Waals surface area contributed by atoms with Gasteiger partial charge in [-0.15, -0.1) is 0 Å². The van der Waals surface area contributed by atoms with E-state index in [-0.39, 0.29) is 22.1 Å². The van der Waals surface area contributed by atoms with Crippen LogP contribution in [0.4, 0.5) is 17.1 Å². The molecule has 10 heteroatoms. The summed E-state index contributed by atoms with van der Waals surface area (Å²) < 4.78 is 16.3. The van der Waals surface area contributed by atoms with Crippen molar-refractivity contribution >= 4 is 40.2 Å². The van der Waals surface area contributed by atoms with Gasteiger partial charge in [-0.25, -0.2) is 0 Å². The number of amides is 1. The maximum absolute atomic E-state index is 12.6. The maximum atomic E-state index is 12.6. The number of carbonyl (C=O) groups excluding carboxylic acids is 1. The third-order valence-corrected chi connectivity index (χ3v) is 4.58. The first kappa shape index (κ1) is 23.5.